The van der Waals surface area contributed by atoms with E-state index in [4.69, 9.17) is 0 Å². The van der Waals surface area contributed by atoms with Crippen LogP contribution in [0.2, 0.25) is 0 Å². The molecule has 0 spiro atoms. The molecule has 1 aliphatic carbocycles. The van der Waals surface area contributed by atoms with Gasteiger partial charge in [-0.05, 0) is 47.9 Å². The van der Waals surface area contributed by atoms with Crippen molar-refractivity contribution in [3.63, 3.8) is 0 Å². The third kappa shape index (κ3) is 2.88. The Morgan fingerprint density at radius 1 is 1.25 bits per heavy atom. The van der Waals surface area contributed by atoms with Crippen molar-refractivity contribution in [1.29, 1.82) is 0 Å². The van der Waals surface area contributed by atoms with Crippen LogP contribution in [0.1, 0.15) is 42.8 Å². The number of aryl methyl sites for hydroxylation is 1. The molecular weight excluding hydrogens is 250 g/mol. The number of nitrogens with zero attached hydrogens (tertiary/aromatic N) is 5. The van der Waals surface area contributed by atoms with Crippen LogP contribution in [0.3, 0.4) is 0 Å². The predicted octanol–water partition coefficient (Wildman–Crippen LogP) is 2.34. The van der Waals surface area contributed by atoms with Gasteiger partial charge in [0.2, 0.25) is 0 Å². The summed E-state index contributed by atoms with van der Waals surface area (Å²) < 4.78 is 2.00. The smallest absolute Gasteiger partial charge is 0.165 e. The summed E-state index contributed by atoms with van der Waals surface area (Å²) in [5.41, 5.74) is 2.72. The van der Waals surface area contributed by atoms with Crippen LogP contribution in [-0.4, -0.2) is 31.7 Å². The first kappa shape index (κ1) is 13.2. The molecule has 0 atom stereocenters. The Hall–Kier alpha value is -1.75. The maximum atomic E-state index is 4.19. The van der Waals surface area contributed by atoms with Gasteiger partial charge in [0.05, 0.1) is 12.6 Å². The fourth-order valence-electron chi connectivity index (χ4n) is 2.43. The van der Waals surface area contributed by atoms with Crippen molar-refractivity contribution in [2.45, 2.75) is 45.8 Å². The fourth-order valence-corrected chi connectivity index (χ4v) is 2.43. The van der Waals surface area contributed by atoms with Gasteiger partial charge in [0.1, 0.15) is 0 Å². The average Bonchev–Trinajstić information content (AvgIpc) is 3.20. The number of tetrazole rings is 1. The minimum atomic E-state index is 0.539. The number of aromatic nitrogens is 4. The van der Waals surface area contributed by atoms with Crippen LogP contribution in [0.5, 0.6) is 0 Å². The van der Waals surface area contributed by atoms with Gasteiger partial charge in [-0.3, -0.25) is 4.90 Å². The highest BCUT2D eigenvalue weighted by molar-refractivity contribution is 5.25. The molecule has 106 valence electrons. The third-order valence-corrected chi connectivity index (χ3v) is 3.92. The quantitative estimate of drug-likeness (QED) is 0.809. The van der Waals surface area contributed by atoms with Gasteiger partial charge in [-0.15, -0.1) is 5.10 Å². The van der Waals surface area contributed by atoms with Gasteiger partial charge in [0.15, 0.2) is 5.82 Å². The zero-order valence-electron chi connectivity index (χ0n) is 12.2. The highest BCUT2D eigenvalue weighted by Gasteiger charge is 2.28. The zero-order chi connectivity index (χ0) is 13.9. The molecule has 3 rings (SSSR count). The van der Waals surface area contributed by atoms with E-state index in [-0.39, 0.29) is 0 Å². The van der Waals surface area contributed by atoms with E-state index in [1.54, 1.807) is 0 Å². The maximum Gasteiger partial charge on any atom is 0.165 e. The van der Waals surface area contributed by atoms with Crippen molar-refractivity contribution in [3.8, 4) is 0 Å². The lowest BCUT2D eigenvalue weighted by Crippen LogP contribution is -2.25. The Bertz CT molecular complexity index is 573. The molecule has 0 saturated heterocycles. The highest BCUT2D eigenvalue weighted by Crippen LogP contribution is 2.34. The fraction of sp³-hybridized carbons (Fsp3) is 0.533. The van der Waals surface area contributed by atoms with E-state index in [2.05, 4.69) is 58.5 Å². The molecule has 20 heavy (non-hydrogen) atoms. The number of hydrogen-bond donors (Lipinski definition) is 0. The molecule has 0 amide bonds. The molecule has 0 aliphatic heterocycles. The summed E-state index contributed by atoms with van der Waals surface area (Å²) in [6, 6.07) is 9.09. The zero-order valence-corrected chi connectivity index (χ0v) is 12.2. The largest absolute Gasteiger partial charge is 0.292 e. The molecule has 1 aliphatic rings. The van der Waals surface area contributed by atoms with E-state index in [0.717, 1.165) is 25.5 Å². The second-order valence-electron chi connectivity index (χ2n) is 5.50. The van der Waals surface area contributed by atoms with E-state index in [1.165, 1.54) is 24.0 Å². The van der Waals surface area contributed by atoms with Crippen LogP contribution in [0.25, 0.3) is 0 Å². The Kier molecular flexibility index (Phi) is 3.78. The van der Waals surface area contributed by atoms with Crippen molar-refractivity contribution in [2.24, 2.45) is 0 Å². The van der Waals surface area contributed by atoms with Gasteiger partial charge in [-0.25, -0.2) is 4.68 Å². The normalized spacial score (nSPS) is 14.9. The van der Waals surface area contributed by atoms with E-state index >= 15 is 0 Å². The minimum Gasteiger partial charge on any atom is -0.292 e. The summed E-state index contributed by atoms with van der Waals surface area (Å²) in [6.07, 6.45) is 2.42. The van der Waals surface area contributed by atoms with Gasteiger partial charge in [0.25, 0.3) is 0 Å². The van der Waals surface area contributed by atoms with Crippen LogP contribution in [-0.2, 0) is 13.1 Å². The van der Waals surface area contributed by atoms with Gasteiger partial charge in [-0.1, -0.05) is 31.2 Å². The molecule has 0 unspecified atom stereocenters. The predicted molar refractivity (Wildman–Crippen MR) is 77.1 cm³/mol. The number of rotatable bonds is 6. The van der Waals surface area contributed by atoms with Crippen molar-refractivity contribution in [2.75, 3.05) is 6.54 Å². The SMILES string of the molecule is CCN(Cc1ccccc1C)Cc1nnnn1C1CC1. The molecular formula is C15H21N5. The molecule has 5 nitrogen and oxygen atoms in total. The van der Waals surface area contributed by atoms with Crippen molar-refractivity contribution < 1.29 is 0 Å². The summed E-state index contributed by atoms with van der Waals surface area (Å²) in [4.78, 5) is 2.38. The molecule has 0 N–H and O–H groups in total. The summed E-state index contributed by atoms with van der Waals surface area (Å²) in [5, 5.41) is 12.1. The van der Waals surface area contributed by atoms with Gasteiger partial charge < -0.3 is 0 Å². The van der Waals surface area contributed by atoms with Crippen molar-refractivity contribution >= 4 is 0 Å². The van der Waals surface area contributed by atoms with Gasteiger partial charge in [-0.2, -0.15) is 0 Å². The molecule has 1 saturated carbocycles. The summed E-state index contributed by atoms with van der Waals surface area (Å²) >= 11 is 0. The lowest BCUT2D eigenvalue weighted by molar-refractivity contribution is 0.258. The Morgan fingerprint density at radius 2 is 2.05 bits per heavy atom. The van der Waals surface area contributed by atoms with Crippen LogP contribution in [0.15, 0.2) is 24.3 Å². The molecule has 1 aromatic carbocycles. The molecule has 1 fully saturated rings. The number of hydrogen-bond acceptors (Lipinski definition) is 4. The summed E-state index contributed by atoms with van der Waals surface area (Å²) in [7, 11) is 0. The Morgan fingerprint density at radius 3 is 2.75 bits per heavy atom. The van der Waals surface area contributed by atoms with E-state index < -0.39 is 0 Å². The van der Waals surface area contributed by atoms with E-state index in [9.17, 15) is 0 Å². The van der Waals surface area contributed by atoms with E-state index in [1.807, 2.05) is 4.68 Å². The highest BCUT2D eigenvalue weighted by atomic mass is 15.6. The lowest BCUT2D eigenvalue weighted by Gasteiger charge is -2.20. The third-order valence-electron chi connectivity index (χ3n) is 3.92. The standard InChI is InChI=1S/C15H21N5/c1-3-19(10-13-7-5-4-6-12(13)2)11-15-16-17-18-20(15)14-8-9-14/h4-7,14H,3,8-11H2,1-2H3. The van der Waals surface area contributed by atoms with E-state index in [0.29, 0.717) is 6.04 Å². The topological polar surface area (TPSA) is 46.8 Å². The van der Waals surface area contributed by atoms with Crippen molar-refractivity contribution in [3.05, 3.63) is 41.2 Å². The van der Waals surface area contributed by atoms with Gasteiger partial charge >= 0.3 is 0 Å². The minimum absolute atomic E-state index is 0.539. The van der Waals surface area contributed by atoms with Gasteiger partial charge in [0, 0.05) is 6.54 Å². The summed E-state index contributed by atoms with van der Waals surface area (Å²) in [6.45, 7) is 7.10. The van der Waals surface area contributed by atoms with Crippen LogP contribution < -0.4 is 0 Å². The molecule has 5 heteroatoms. The number of benzene rings is 1. The molecule has 1 aromatic heterocycles. The second-order valence-corrected chi connectivity index (χ2v) is 5.50. The maximum absolute atomic E-state index is 4.19. The van der Waals surface area contributed by atoms with Crippen molar-refractivity contribution in [1.82, 2.24) is 25.1 Å². The monoisotopic (exact) mass is 271 g/mol. The Balaban J connectivity index is 1.70. The first-order valence-electron chi connectivity index (χ1n) is 7.31. The molecule has 0 bridgehead atoms. The van der Waals surface area contributed by atoms with Crippen LogP contribution in [0.4, 0.5) is 0 Å². The first-order valence-corrected chi connectivity index (χ1v) is 7.31. The second kappa shape index (κ2) is 5.71. The molecule has 1 heterocycles. The molecule has 2 aromatic rings. The first-order chi connectivity index (χ1) is 9.78. The summed E-state index contributed by atoms with van der Waals surface area (Å²) in [5.74, 6) is 0.989. The Labute approximate surface area is 119 Å². The van der Waals surface area contributed by atoms with Crippen LogP contribution in [0, 0.1) is 6.92 Å². The van der Waals surface area contributed by atoms with Crippen LogP contribution >= 0.6 is 0 Å². The molecule has 0 radical (unpaired) electrons. The lowest BCUT2D eigenvalue weighted by atomic mass is 10.1. The average molecular weight is 271 g/mol.